The topological polar surface area (TPSA) is 81.4 Å². The van der Waals surface area contributed by atoms with Crippen LogP contribution in [0.2, 0.25) is 0 Å². The van der Waals surface area contributed by atoms with Crippen LogP contribution in [0.5, 0.6) is 5.75 Å². The maximum Gasteiger partial charge on any atom is 0.240 e. The zero-order valence-electron chi connectivity index (χ0n) is 13.2. The van der Waals surface area contributed by atoms with E-state index in [9.17, 15) is 8.42 Å². The predicted octanol–water partition coefficient (Wildman–Crippen LogP) is 3.37. The summed E-state index contributed by atoms with van der Waals surface area (Å²) in [7, 11) is -3.55. The van der Waals surface area contributed by atoms with E-state index < -0.39 is 10.0 Å². The van der Waals surface area contributed by atoms with Gasteiger partial charge in [-0.3, -0.25) is 0 Å². The Labute approximate surface area is 157 Å². The second-order valence-corrected chi connectivity index (χ2v) is 7.54. The summed E-state index contributed by atoms with van der Waals surface area (Å²) in [6.07, 6.45) is 0.595. The Morgan fingerprint density at radius 2 is 1.83 bits per heavy atom. The van der Waals surface area contributed by atoms with E-state index in [1.165, 1.54) is 12.1 Å². The van der Waals surface area contributed by atoms with Crippen LogP contribution in [0.3, 0.4) is 0 Å². The molecule has 0 atom stereocenters. The lowest BCUT2D eigenvalue weighted by atomic mass is 10.1. The van der Waals surface area contributed by atoms with Crippen molar-refractivity contribution < 1.29 is 13.2 Å². The lowest BCUT2D eigenvalue weighted by Gasteiger charge is -2.10. The van der Waals surface area contributed by atoms with Crippen LogP contribution >= 0.6 is 28.3 Å². The van der Waals surface area contributed by atoms with E-state index >= 15 is 0 Å². The summed E-state index contributed by atoms with van der Waals surface area (Å²) < 4.78 is 33.2. The summed E-state index contributed by atoms with van der Waals surface area (Å²) in [5.74, 6) is 0.619. The molecule has 0 unspecified atom stereocenters. The van der Waals surface area contributed by atoms with E-state index in [1.807, 2.05) is 19.1 Å². The minimum Gasteiger partial charge on any atom is -0.493 e. The van der Waals surface area contributed by atoms with Gasteiger partial charge in [-0.2, -0.15) is 0 Å². The van der Waals surface area contributed by atoms with Crippen LogP contribution < -0.4 is 15.2 Å². The molecule has 0 aromatic heterocycles. The minimum atomic E-state index is -3.55. The third-order valence-electron chi connectivity index (χ3n) is 3.20. The molecule has 2 aromatic rings. The number of nitrogen functional groups attached to an aromatic ring is 1. The average Bonchev–Trinajstić information content (AvgIpc) is 2.51. The summed E-state index contributed by atoms with van der Waals surface area (Å²) in [4.78, 5) is 0.199. The number of nitrogens with two attached hydrogens (primary N) is 1. The molecule has 0 aliphatic carbocycles. The quantitative estimate of drug-likeness (QED) is 0.653. The fourth-order valence-corrected chi connectivity index (χ4v) is 3.72. The number of nitrogens with one attached hydrogen (secondary N) is 1. The highest BCUT2D eigenvalue weighted by Gasteiger charge is 2.15. The first kappa shape index (κ1) is 20.8. The molecule has 0 saturated carbocycles. The Kier molecular flexibility index (Phi) is 8.02. The Bertz CT molecular complexity index is 767. The van der Waals surface area contributed by atoms with Gasteiger partial charge in [-0.05, 0) is 65.2 Å². The van der Waals surface area contributed by atoms with Crippen molar-refractivity contribution in [2.45, 2.75) is 18.2 Å². The van der Waals surface area contributed by atoms with Crippen LogP contribution in [-0.4, -0.2) is 21.6 Å². The summed E-state index contributed by atoms with van der Waals surface area (Å²) in [5, 5.41) is 0. The molecule has 0 fully saturated rings. The summed E-state index contributed by atoms with van der Waals surface area (Å²) in [6.45, 7) is 2.71. The monoisotopic (exact) mass is 434 g/mol. The molecule has 24 heavy (non-hydrogen) atoms. The van der Waals surface area contributed by atoms with Crippen molar-refractivity contribution in [3.8, 4) is 5.75 Å². The van der Waals surface area contributed by atoms with Crippen molar-refractivity contribution in [1.82, 2.24) is 4.72 Å². The number of halogens is 2. The molecule has 2 rings (SSSR count). The second-order valence-electron chi connectivity index (χ2n) is 4.91. The van der Waals surface area contributed by atoms with E-state index in [2.05, 4.69) is 20.7 Å². The van der Waals surface area contributed by atoms with E-state index in [-0.39, 0.29) is 17.3 Å². The second kappa shape index (κ2) is 9.27. The highest BCUT2D eigenvalue weighted by atomic mass is 79.9. The van der Waals surface area contributed by atoms with Gasteiger partial charge < -0.3 is 10.5 Å². The van der Waals surface area contributed by atoms with Gasteiger partial charge in [-0.25, -0.2) is 13.1 Å². The highest BCUT2D eigenvalue weighted by Crippen LogP contribution is 2.27. The molecule has 5 nitrogen and oxygen atoms in total. The van der Waals surface area contributed by atoms with Gasteiger partial charge in [0.1, 0.15) is 5.75 Å². The molecule has 132 valence electrons. The smallest absolute Gasteiger partial charge is 0.240 e. The Balaban J connectivity index is 0.00000288. The zero-order chi connectivity index (χ0) is 16.9. The van der Waals surface area contributed by atoms with Gasteiger partial charge in [-0.15, -0.1) is 12.4 Å². The lowest BCUT2D eigenvalue weighted by Crippen LogP contribution is -2.26. The number of rotatable bonds is 7. The average molecular weight is 436 g/mol. The number of anilines is 1. The predicted molar refractivity (Wildman–Crippen MR) is 102 cm³/mol. The first-order chi connectivity index (χ1) is 10.9. The number of benzene rings is 2. The standard InChI is InChI=1S/C16H19BrN2O3S.ClH/c1-2-22-16-8-7-14(11-15(16)17)23(20,21)19-10-9-12-3-5-13(18)6-4-12;/h3-8,11,19H,2,9-10,18H2,1H3;1H. The summed E-state index contributed by atoms with van der Waals surface area (Å²) >= 11 is 3.32. The van der Waals surface area contributed by atoms with Gasteiger partial charge in [0, 0.05) is 12.2 Å². The third kappa shape index (κ3) is 5.66. The number of ether oxygens (including phenoxy) is 1. The first-order valence-corrected chi connectivity index (χ1v) is 9.46. The molecule has 0 spiro atoms. The summed E-state index contributed by atoms with van der Waals surface area (Å²) in [6, 6.07) is 12.1. The molecule has 0 bridgehead atoms. The van der Waals surface area contributed by atoms with Crippen molar-refractivity contribution in [2.75, 3.05) is 18.9 Å². The maximum atomic E-state index is 12.3. The van der Waals surface area contributed by atoms with Crippen LogP contribution in [0.15, 0.2) is 51.8 Å². The molecular formula is C16H20BrClN2O3S. The van der Waals surface area contributed by atoms with Crippen LogP contribution in [0.25, 0.3) is 0 Å². The minimum absolute atomic E-state index is 0. The molecule has 3 N–H and O–H groups in total. The van der Waals surface area contributed by atoms with Gasteiger partial charge in [0.25, 0.3) is 0 Å². The maximum absolute atomic E-state index is 12.3. The van der Waals surface area contributed by atoms with Gasteiger partial charge in [0.05, 0.1) is 16.0 Å². The van der Waals surface area contributed by atoms with Crippen LogP contribution in [0.4, 0.5) is 5.69 Å². The van der Waals surface area contributed by atoms with Gasteiger partial charge in [0.2, 0.25) is 10.0 Å². The molecule has 0 heterocycles. The molecule has 2 aromatic carbocycles. The van der Waals surface area contributed by atoms with Gasteiger partial charge >= 0.3 is 0 Å². The third-order valence-corrected chi connectivity index (χ3v) is 5.28. The van der Waals surface area contributed by atoms with Crippen molar-refractivity contribution in [1.29, 1.82) is 0 Å². The number of hydrogen-bond acceptors (Lipinski definition) is 4. The van der Waals surface area contributed by atoms with Crippen molar-refractivity contribution in [2.24, 2.45) is 0 Å². The molecule has 0 aliphatic rings. The van der Waals surface area contributed by atoms with E-state index in [4.69, 9.17) is 10.5 Å². The lowest BCUT2D eigenvalue weighted by molar-refractivity contribution is 0.338. The van der Waals surface area contributed by atoms with Crippen LogP contribution in [0.1, 0.15) is 12.5 Å². The van der Waals surface area contributed by atoms with E-state index in [0.29, 0.717) is 35.5 Å². The Morgan fingerprint density at radius 1 is 1.17 bits per heavy atom. The number of hydrogen-bond donors (Lipinski definition) is 2. The molecular weight excluding hydrogens is 416 g/mol. The fourth-order valence-electron chi connectivity index (χ4n) is 2.02. The highest BCUT2D eigenvalue weighted by molar-refractivity contribution is 9.10. The van der Waals surface area contributed by atoms with Crippen molar-refractivity contribution >= 4 is 44.0 Å². The van der Waals surface area contributed by atoms with Crippen LogP contribution in [0, 0.1) is 0 Å². The van der Waals surface area contributed by atoms with Crippen molar-refractivity contribution in [3.05, 3.63) is 52.5 Å². The van der Waals surface area contributed by atoms with E-state index in [1.54, 1.807) is 18.2 Å². The van der Waals surface area contributed by atoms with Crippen molar-refractivity contribution in [3.63, 3.8) is 0 Å². The fraction of sp³-hybridized carbons (Fsp3) is 0.250. The molecule has 0 radical (unpaired) electrons. The largest absolute Gasteiger partial charge is 0.493 e. The molecule has 0 aliphatic heterocycles. The van der Waals surface area contributed by atoms with Gasteiger partial charge in [0.15, 0.2) is 0 Å². The zero-order valence-corrected chi connectivity index (χ0v) is 16.4. The van der Waals surface area contributed by atoms with E-state index in [0.717, 1.165) is 5.56 Å². The van der Waals surface area contributed by atoms with Gasteiger partial charge in [-0.1, -0.05) is 12.1 Å². The Morgan fingerprint density at radius 3 is 2.42 bits per heavy atom. The normalized spacial score (nSPS) is 10.9. The first-order valence-electron chi connectivity index (χ1n) is 7.19. The molecule has 0 saturated heterocycles. The summed E-state index contributed by atoms with van der Waals surface area (Å²) in [5.41, 5.74) is 7.33. The van der Waals surface area contributed by atoms with Crippen LogP contribution in [-0.2, 0) is 16.4 Å². The molecule has 8 heteroatoms. The SMILES string of the molecule is CCOc1ccc(S(=O)(=O)NCCc2ccc(N)cc2)cc1Br.Cl. The molecule has 0 amide bonds. The number of sulfonamides is 1. The Hall–Kier alpha value is -1.28.